The highest BCUT2D eigenvalue weighted by atomic mass is 35.5. The molecule has 1 unspecified atom stereocenters. The van der Waals surface area contributed by atoms with Gasteiger partial charge in [0.25, 0.3) is 5.91 Å². The van der Waals surface area contributed by atoms with E-state index >= 15 is 0 Å². The lowest BCUT2D eigenvalue weighted by atomic mass is 10.2. The number of ether oxygens (including phenoxy) is 2. The molecule has 1 atom stereocenters. The molecule has 0 aliphatic carbocycles. The van der Waals surface area contributed by atoms with Gasteiger partial charge in [0.2, 0.25) is 0 Å². The maximum atomic E-state index is 13.5. The minimum absolute atomic E-state index is 0.000930. The van der Waals surface area contributed by atoms with Crippen molar-refractivity contribution in [1.82, 2.24) is 9.97 Å². The fourth-order valence-electron chi connectivity index (χ4n) is 2.35. The average Bonchev–Trinajstić information content (AvgIpc) is 3.08. The maximum absolute atomic E-state index is 13.5. The number of nitrogens with one attached hydrogen (secondary N) is 1. The Hall–Kier alpha value is -2.25. The molecule has 1 N–H and O–H groups in total. The fourth-order valence-corrected chi connectivity index (χ4v) is 2.54. The topological polar surface area (TPSA) is 73.3 Å². The molecule has 1 aromatic heterocycles. The number of carbonyl (C=O) groups is 1. The van der Waals surface area contributed by atoms with E-state index in [4.69, 9.17) is 21.1 Å². The normalized spacial score (nSPS) is 16.8. The van der Waals surface area contributed by atoms with E-state index in [1.165, 1.54) is 30.7 Å². The molecule has 126 valence electrons. The van der Waals surface area contributed by atoms with Gasteiger partial charge in [-0.05, 0) is 25.0 Å². The monoisotopic (exact) mass is 351 g/mol. The van der Waals surface area contributed by atoms with Gasteiger partial charge < -0.3 is 14.8 Å². The van der Waals surface area contributed by atoms with Crippen LogP contribution in [-0.2, 0) is 4.74 Å². The number of aromatic nitrogens is 2. The van der Waals surface area contributed by atoms with Crippen LogP contribution in [0.2, 0.25) is 5.02 Å². The smallest absolute Gasteiger partial charge is 0.276 e. The SMILES string of the molecule is O=C(Nc1cc(F)ccc1OCC1CCCO1)c1ncncc1Cl. The summed E-state index contributed by atoms with van der Waals surface area (Å²) in [5.74, 6) is -0.719. The van der Waals surface area contributed by atoms with Crippen LogP contribution in [-0.4, -0.2) is 35.2 Å². The molecule has 0 spiro atoms. The van der Waals surface area contributed by atoms with Crippen LogP contribution in [0.3, 0.4) is 0 Å². The van der Waals surface area contributed by atoms with Gasteiger partial charge >= 0.3 is 0 Å². The largest absolute Gasteiger partial charge is 0.489 e. The zero-order chi connectivity index (χ0) is 16.9. The standard InChI is InChI=1S/C16H15ClFN3O3/c17-12-7-19-9-20-15(12)16(22)21-13-6-10(18)3-4-14(13)24-8-11-2-1-5-23-11/h3-4,6-7,9,11H,1-2,5,8H2,(H,21,22). The molecule has 1 aromatic carbocycles. The van der Waals surface area contributed by atoms with Gasteiger partial charge in [0.05, 0.1) is 16.8 Å². The third kappa shape index (κ3) is 3.98. The van der Waals surface area contributed by atoms with E-state index in [2.05, 4.69) is 15.3 Å². The molecule has 6 nitrogen and oxygen atoms in total. The van der Waals surface area contributed by atoms with E-state index in [1.54, 1.807) is 0 Å². The quantitative estimate of drug-likeness (QED) is 0.896. The molecule has 0 radical (unpaired) electrons. The molecule has 1 amide bonds. The summed E-state index contributed by atoms with van der Waals surface area (Å²) in [7, 11) is 0. The zero-order valence-electron chi connectivity index (χ0n) is 12.7. The van der Waals surface area contributed by atoms with Crippen LogP contribution >= 0.6 is 11.6 Å². The summed E-state index contributed by atoms with van der Waals surface area (Å²) in [5, 5.41) is 2.67. The fraction of sp³-hybridized carbons (Fsp3) is 0.312. The molecule has 1 aliphatic heterocycles. The van der Waals surface area contributed by atoms with Gasteiger partial charge in [-0.3, -0.25) is 4.79 Å². The van der Waals surface area contributed by atoms with E-state index in [1.807, 2.05) is 0 Å². The Morgan fingerprint density at radius 1 is 1.50 bits per heavy atom. The molecule has 1 fully saturated rings. The third-order valence-corrected chi connectivity index (χ3v) is 3.80. The summed E-state index contributed by atoms with van der Waals surface area (Å²) in [6.07, 6.45) is 4.44. The Kier molecular flexibility index (Phi) is 5.22. The predicted octanol–water partition coefficient (Wildman–Crippen LogP) is 3.08. The van der Waals surface area contributed by atoms with E-state index in [-0.39, 0.29) is 22.5 Å². The Morgan fingerprint density at radius 2 is 2.38 bits per heavy atom. The first-order chi connectivity index (χ1) is 11.6. The molecular weight excluding hydrogens is 337 g/mol. The second kappa shape index (κ2) is 7.55. The van der Waals surface area contributed by atoms with Crippen molar-refractivity contribution in [2.24, 2.45) is 0 Å². The number of anilines is 1. The summed E-state index contributed by atoms with van der Waals surface area (Å²) >= 11 is 5.90. The number of benzene rings is 1. The number of hydrogen-bond donors (Lipinski definition) is 1. The number of nitrogens with zero attached hydrogens (tertiary/aromatic N) is 2. The molecule has 1 saturated heterocycles. The first-order valence-corrected chi connectivity index (χ1v) is 7.82. The van der Waals surface area contributed by atoms with Crippen LogP contribution in [0.15, 0.2) is 30.7 Å². The summed E-state index contributed by atoms with van der Waals surface area (Å²) in [5.41, 5.74) is 0.202. The van der Waals surface area contributed by atoms with Crippen LogP contribution in [0.4, 0.5) is 10.1 Å². The Labute approximate surface area is 143 Å². The average molecular weight is 352 g/mol. The summed E-state index contributed by atoms with van der Waals surface area (Å²) in [4.78, 5) is 19.8. The lowest BCUT2D eigenvalue weighted by Gasteiger charge is -2.15. The number of carbonyl (C=O) groups excluding carboxylic acids is 1. The third-order valence-electron chi connectivity index (χ3n) is 3.52. The van der Waals surface area contributed by atoms with Gasteiger partial charge in [0.1, 0.15) is 30.2 Å². The van der Waals surface area contributed by atoms with Crippen molar-refractivity contribution in [3.63, 3.8) is 0 Å². The number of rotatable bonds is 5. The highest BCUT2D eigenvalue weighted by Crippen LogP contribution is 2.27. The van der Waals surface area contributed by atoms with Crippen LogP contribution < -0.4 is 10.1 Å². The molecular formula is C16H15ClFN3O3. The highest BCUT2D eigenvalue weighted by Gasteiger charge is 2.19. The summed E-state index contributed by atoms with van der Waals surface area (Å²) in [6.45, 7) is 1.05. The molecule has 24 heavy (non-hydrogen) atoms. The lowest BCUT2D eigenvalue weighted by molar-refractivity contribution is 0.0681. The van der Waals surface area contributed by atoms with Gasteiger partial charge in [0.15, 0.2) is 0 Å². The summed E-state index contributed by atoms with van der Waals surface area (Å²) in [6, 6.07) is 3.90. The van der Waals surface area contributed by atoms with Gasteiger partial charge in [-0.15, -0.1) is 0 Å². The molecule has 0 bridgehead atoms. The Morgan fingerprint density at radius 3 is 3.12 bits per heavy atom. The molecule has 8 heteroatoms. The van der Waals surface area contributed by atoms with E-state index in [9.17, 15) is 9.18 Å². The number of amides is 1. The first-order valence-electron chi connectivity index (χ1n) is 7.44. The minimum Gasteiger partial charge on any atom is -0.489 e. The van der Waals surface area contributed by atoms with E-state index in [0.717, 1.165) is 12.8 Å². The van der Waals surface area contributed by atoms with Gasteiger partial charge in [-0.2, -0.15) is 0 Å². The van der Waals surface area contributed by atoms with Crippen molar-refractivity contribution in [3.8, 4) is 5.75 Å². The second-order valence-corrected chi connectivity index (χ2v) is 5.67. The van der Waals surface area contributed by atoms with Crippen LogP contribution in [0, 0.1) is 5.82 Å². The van der Waals surface area contributed by atoms with Crippen LogP contribution in [0.1, 0.15) is 23.3 Å². The van der Waals surface area contributed by atoms with Crippen molar-refractivity contribution in [1.29, 1.82) is 0 Å². The predicted molar refractivity (Wildman–Crippen MR) is 85.9 cm³/mol. The van der Waals surface area contributed by atoms with Crippen LogP contribution in [0.25, 0.3) is 0 Å². The van der Waals surface area contributed by atoms with Crippen LogP contribution in [0.5, 0.6) is 5.75 Å². The number of halogens is 2. The Balaban J connectivity index is 1.75. The van der Waals surface area contributed by atoms with Crippen molar-refractivity contribution in [3.05, 3.63) is 47.3 Å². The Bertz CT molecular complexity index is 738. The zero-order valence-corrected chi connectivity index (χ0v) is 13.4. The van der Waals surface area contributed by atoms with Crippen molar-refractivity contribution in [2.45, 2.75) is 18.9 Å². The minimum atomic E-state index is -0.574. The lowest BCUT2D eigenvalue weighted by Crippen LogP contribution is -2.19. The van der Waals surface area contributed by atoms with E-state index in [0.29, 0.717) is 19.0 Å². The van der Waals surface area contributed by atoms with Gasteiger partial charge in [-0.1, -0.05) is 11.6 Å². The molecule has 2 heterocycles. The highest BCUT2D eigenvalue weighted by molar-refractivity contribution is 6.33. The van der Waals surface area contributed by atoms with Gasteiger partial charge in [0, 0.05) is 18.9 Å². The maximum Gasteiger partial charge on any atom is 0.276 e. The second-order valence-electron chi connectivity index (χ2n) is 5.26. The van der Waals surface area contributed by atoms with Crippen molar-refractivity contribution < 1.29 is 18.7 Å². The molecule has 0 saturated carbocycles. The first kappa shape index (κ1) is 16.6. The van der Waals surface area contributed by atoms with Crippen molar-refractivity contribution >= 4 is 23.2 Å². The molecule has 1 aliphatic rings. The van der Waals surface area contributed by atoms with Crippen molar-refractivity contribution in [2.75, 3.05) is 18.5 Å². The molecule has 3 rings (SSSR count). The van der Waals surface area contributed by atoms with E-state index < -0.39 is 11.7 Å². The van der Waals surface area contributed by atoms with Gasteiger partial charge in [-0.25, -0.2) is 14.4 Å². The molecule has 2 aromatic rings. The summed E-state index contributed by atoms with van der Waals surface area (Å²) < 4.78 is 24.7. The number of hydrogen-bond acceptors (Lipinski definition) is 5.